The van der Waals surface area contributed by atoms with Crippen LogP contribution in [0.1, 0.15) is 136 Å². The minimum absolute atomic E-state index is 0.0111. The van der Waals surface area contributed by atoms with Gasteiger partial charge in [-0.25, -0.2) is 14.1 Å². The lowest BCUT2D eigenvalue weighted by Gasteiger charge is -2.31. The number of rotatable bonds is 30. The van der Waals surface area contributed by atoms with E-state index in [1.54, 1.807) is 30.5 Å². The van der Waals surface area contributed by atoms with Gasteiger partial charge in [-0.1, -0.05) is 110 Å². The number of phosphoric ester groups is 1. The van der Waals surface area contributed by atoms with E-state index in [-0.39, 0.29) is 36.4 Å². The van der Waals surface area contributed by atoms with Crippen molar-refractivity contribution < 1.29 is 42.0 Å². The van der Waals surface area contributed by atoms with E-state index < -0.39 is 42.6 Å². The Bertz CT molecular complexity index is 1830. The molecule has 1 unspecified atom stereocenters. The van der Waals surface area contributed by atoms with E-state index in [2.05, 4.69) is 28.7 Å². The Morgan fingerprint density at radius 3 is 2.12 bits per heavy atom. The Kier molecular flexibility index (Phi) is 18.3. The van der Waals surface area contributed by atoms with Crippen molar-refractivity contribution in [2.45, 2.75) is 160 Å². The fourth-order valence-corrected chi connectivity index (χ4v) is 9.14. The minimum atomic E-state index is -4.38. The number of hydrogen-bond donors (Lipinski definition) is 1. The van der Waals surface area contributed by atoms with Crippen LogP contribution in [0.3, 0.4) is 0 Å². The average molecular weight is 859 g/mol. The molecule has 16 nitrogen and oxygen atoms in total. The molecule has 2 aliphatic rings. The molecule has 17 heteroatoms. The molecule has 0 aliphatic carbocycles. The summed E-state index contributed by atoms with van der Waals surface area (Å²) in [6, 6.07) is 8.64. The van der Waals surface area contributed by atoms with Crippen LogP contribution < -0.4 is 10.3 Å². The van der Waals surface area contributed by atoms with E-state index in [9.17, 15) is 14.7 Å². The van der Waals surface area contributed by atoms with Crippen LogP contribution in [0, 0.1) is 16.0 Å². The quantitative estimate of drug-likeness (QED) is 0.0219. The number of unbranched alkanes of at least 4 members (excludes halogenated alkanes) is 15. The first kappa shape index (κ1) is 47.5. The summed E-state index contributed by atoms with van der Waals surface area (Å²) < 4.78 is 58.7. The van der Waals surface area contributed by atoms with Gasteiger partial charge in [-0.05, 0) is 51.3 Å². The largest absolute Gasteiger partial charge is 0.530 e. The Hall–Kier alpha value is -3.50. The maximum atomic E-state index is 14.4. The fraction of sp³-hybridized carbons (Fsp3) is 0.698. The number of nitrogen functional groups attached to an aromatic ring is 1. The number of benzene rings is 1. The average Bonchev–Trinajstić information content (AvgIpc) is 3.89. The summed E-state index contributed by atoms with van der Waals surface area (Å²) >= 11 is 0. The summed E-state index contributed by atoms with van der Waals surface area (Å²) in [4.78, 5) is 19.2. The van der Waals surface area contributed by atoms with Gasteiger partial charge >= 0.3 is 7.82 Å². The van der Waals surface area contributed by atoms with Crippen LogP contribution in [-0.4, -0.2) is 76.8 Å². The molecule has 2 saturated heterocycles. The van der Waals surface area contributed by atoms with Crippen molar-refractivity contribution >= 4 is 31.6 Å². The Labute approximate surface area is 355 Å². The predicted octanol–water partition coefficient (Wildman–Crippen LogP) is 10.1. The number of anilines is 1. The number of nitrogens with zero attached hydrogens (tertiary/aromatic N) is 5. The van der Waals surface area contributed by atoms with Crippen molar-refractivity contribution in [2.75, 3.05) is 32.2 Å². The summed E-state index contributed by atoms with van der Waals surface area (Å²) in [7, 11) is -4.38. The zero-order chi connectivity index (χ0) is 43.0. The third-order valence-corrected chi connectivity index (χ3v) is 12.4. The van der Waals surface area contributed by atoms with Gasteiger partial charge in [0.25, 0.3) is 5.69 Å². The second-order valence-electron chi connectivity index (χ2n) is 16.6. The predicted molar refractivity (Wildman–Crippen MR) is 230 cm³/mol. The number of non-ortho nitro benzene ring substituents is 1. The molecule has 1 aromatic carbocycles. The molecule has 2 aliphatic heterocycles. The van der Waals surface area contributed by atoms with Crippen molar-refractivity contribution in [3.63, 3.8) is 0 Å². The lowest BCUT2D eigenvalue weighted by atomic mass is 10.0. The van der Waals surface area contributed by atoms with Crippen LogP contribution in [-0.2, 0) is 38.3 Å². The highest BCUT2D eigenvalue weighted by atomic mass is 31.2. The third-order valence-electron chi connectivity index (χ3n) is 11.0. The maximum absolute atomic E-state index is 14.4. The van der Waals surface area contributed by atoms with E-state index in [4.69, 9.17) is 38.3 Å². The van der Waals surface area contributed by atoms with Gasteiger partial charge in [0.05, 0.1) is 24.7 Å². The lowest BCUT2D eigenvalue weighted by Crippen LogP contribution is -2.40. The van der Waals surface area contributed by atoms with E-state index in [1.165, 1.54) is 120 Å². The van der Waals surface area contributed by atoms with Gasteiger partial charge in [0.15, 0.2) is 11.6 Å². The van der Waals surface area contributed by atoms with Gasteiger partial charge in [0.2, 0.25) is 5.72 Å². The number of aliphatic imine (C=N–C) groups is 1. The number of phosphoric acid groups is 1. The van der Waals surface area contributed by atoms with Crippen molar-refractivity contribution in [3.8, 4) is 5.75 Å². The van der Waals surface area contributed by atoms with Crippen LogP contribution in [0.5, 0.6) is 5.75 Å². The van der Waals surface area contributed by atoms with Crippen LogP contribution in [0.2, 0.25) is 0 Å². The van der Waals surface area contributed by atoms with Crippen molar-refractivity contribution in [1.29, 1.82) is 0 Å². The monoisotopic (exact) mass is 858 g/mol. The molecule has 2 aromatic heterocycles. The van der Waals surface area contributed by atoms with E-state index in [1.807, 2.05) is 6.92 Å². The molecule has 6 atom stereocenters. The zero-order valence-corrected chi connectivity index (χ0v) is 36.9. The Morgan fingerprint density at radius 2 is 1.52 bits per heavy atom. The van der Waals surface area contributed by atoms with Gasteiger partial charge in [-0.3, -0.25) is 24.2 Å². The zero-order valence-electron chi connectivity index (χ0n) is 36.0. The van der Waals surface area contributed by atoms with Gasteiger partial charge in [0, 0.05) is 24.7 Å². The molecule has 0 saturated carbocycles. The minimum Gasteiger partial charge on any atom is -0.404 e. The van der Waals surface area contributed by atoms with Crippen LogP contribution in [0.25, 0.3) is 5.52 Å². The number of hydrogen-bond acceptors (Lipinski definition) is 14. The summed E-state index contributed by atoms with van der Waals surface area (Å²) in [6.45, 7) is 12.2. The molecule has 0 radical (unpaired) electrons. The molecule has 60 heavy (non-hydrogen) atoms. The Balaban J connectivity index is 1.09. The molecule has 0 amide bonds. The first-order chi connectivity index (χ1) is 28.9. The SMILES string of the molecule is C=N[C@@]1(c2ccc3c(N)ncnn23)O[C@H](COP(=O)(OC[C@H](C)COCCCCCCCCCCCCCCCCCC)Oc2ccc([N+](=O)[O-])cc2)[C@H]2OC(C)(C)O[C@H]21. The van der Waals surface area contributed by atoms with Gasteiger partial charge in [-0.15, -0.1) is 0 Å². The fourth-order valence-electron chi connectivity index (χ4n) is 7.81. The standard InChI is InChI=1S/C43H67N6O10P/c1-6-7-8-9-10-11-12-13-14-15-16-17-18-19-20-21-28-53-29-33(2)30-54-60(52,59-35-24-22-34(23-25-35)49(50)51)55-31-37-39-40(58-42(3,4)57-39)43(45-5,56-37)38-27-26-36-41(44)46-32-47-48(36)38/h22-27,32-33,37,39-40H,5-21,28-31H2,1-4H3,(H2,44,46,47)/t33-,37-,39-,40-,43+,60?/m1/s1. The number of ether oxygens (including phenoxy) is 4. The highest BCUT2D eigenvalue weighted by Crippen LogP contribution is 2.54. The highest BCUT2D eigenvalue weighted by Gasteiger charge is 2.65. The van der Waals surface area contributed by atoms with Gasteiger partial charge in [-0.2, -0.15) is 5.10 Å². The second-order valence-corrected chi connectivity index (χ2v) is 18.2. The highest BCUT2D eigenvalue weighted by molar-refractivity contribution is 7.48. The number of aromatic nitrogens is 3. The van der Waals surface area contributed by atoms with Crippen molar-refractivity contribution in [1.82, 2.24) is 14.6 Å². The normalized spacial score (nSPS) is 22.4. The number of nitro groups is 1. The molecular formula is C43H67N6O10P. The van der Waals surface area contributed by atoms with Crippen molar-refractivity contribution in [2.24, 2.45) is 10.9 Å². The topological polar surface area (TPSA) is 193 Å². The van der Waals surface area contributed by atoms with Crippen LogP contribution in [0.4, 0.5) is 11.5 Å². The molecule has 0 spiro atoms. The smallest absolute Gasteiger partial charge is 0.404 e. The molecule has 3 aromatic rings. The van der Waals surface area contributed by atoms with Crippen molar-refractivity contribution in [3.05, 3.63) is 58.5 Å². The molecular weight excluding hydrogens is 791 g/mol. The second kappa shape index (κ2) is 23.1. The van der Waals surface area contributed by atoms with E-state index in [0.717, 1.165) is 12.8 Å². The van der Waals surface area contributed by atoms with Crippen LogP contribution >= 0.6 is 7.82 Å². The third kappa shape index (κ3) is 13.3. The van der Waals surface area contributed by atoms with Crippen LogP contribution in [0.15, 0.2) is 47.7 Å². The molecule has 2 N–H and O–H groups in total. The number of fused-ring (bicyclic) bond motifs is 2. The first-order valence-corrected chi connectivity index (χ1v) is 23.4. The summed E-state index contributed by atoms with van der Waals surface area (Å²) in [5.74, 6) is -0.874. The number of nitrogens with two attached hydrogens (primary N) is 1. The molecule has 0 bridgehead atoms. The molecule has 2 fully saturated rings. The summed E-state index contributed by atoms with van der Waals surface area (Å²) in [5.41, 5.74) is 5.44. The molecule has 334 valence electrons. The Morgan fingerprint density at radius 1 is 0.900 bits per heavy atom. The number of nitro benzene ring substituents is 1. The summed E-state index contributed by atoms with van der Waals surface area (Å²) in [6.07, 6.45) is 19.8. The molecule has 5 rings (SSSR count). The van der Waals surface area contributed by atoms with Gasteiger partial charge in [0.1, 0.15) is 41.6 Å². The first-order valence-electron chi connectivity index (χ1n) is 21.9. The van der Waals surface area contributed by atoms with E-state index in [0.29, 0.717) is 24.4 Å². The maximum Gasteiger partial charge on any atom is 0.530 e. The van der Waals surface area contributed by atoms with E-state index >= 15 is 0 Å². The molecule has 4 heterocycles. The lowest BCUT2D eigenvalue weighted by molar-refractivity contribution is -0.384. The van der Waals surface area contributed by atoms with Gasteiger partial charge < -0.3 is 29.2 Å². The summed E-state index contributed by atoms with van der Waals surface area (Å²) in [5, 5.41) is 15.6.